The van der Waals surface area contributed by atoms with Crippen LogP contribution in [0.3, 0.4) is 0 Å². The van der Waals surface area contributed by atoms with Crippen LogP contribution >= 0.6 is 31.9 Å². The molecule has 0 spiro atoms. The summed E-state index contributed by atoms with van der Waals surface area (Å²) in [6.07, 6.45) is 12.7. The van der Waals surface area contributed by atoms with Crippen LogP contribution in [0.2, 0.25) is 0 Å². The van der Waals surface area contributed by atoms with Crippen molar-refractivity contribution in [1.82, 2.24) is 0 Å². The molecule has 0 bridgehead atoms. The van der Waals surface area contributed by atoms with Crippen molar-refractivity contribution in [3.05, 3.63) is 116 Å². The number of hydrogen-bond acceptors (Lipinski definition) is 2. The molecule has 4 atom stereocenters. The third-order valence-electron chi connectivity index (χ3n) is 6.52. The topological polar surface area (TPSA) is 40.5 Å². The summed E-state index contributed by atoms with van der Waals surface area (Å²) in [6, 6.07) is 15.6. The van der Waals surface area contributed by atoms with E-state index in [-0.39, 0.29) is 11.8 Å². The van der Waals surface area contributed by atoms with Gasteiger partial charge in [0.05, 0.1) is 0 Å². The molecule has 4 unspecified atom stereocenters. The number of halogens is 2. The average Bonchev–Trinajstić information content (AvgIpc) is 2.78. The van der Waals surface area contributed by atoms with Crippen LogP contribution < -0.4 is 0 Å². The lowest BCUT2D eigenvalue weighted by Gasteiger charge is -2.53. The van der Waals surface area contributed by atoms with Gasteiger partial charge in [0.1, 0.15) is 11.2 Å². The van der Waals surface area contributed by atoms with Gasteiger partial charge in [-0.3, -0.25) is 0 Å². The van der Waals surface area contributed by atoms with Gasteiger partial charge < -0.3 is 10.2 Å². The predicted molar refractivity (Wildman–Crippen MR) is 134 cm³/mol. The first kappa shape index (κ1) is 22.5. The van der Waals surface area contributed by atoms with Gasteiger partial charge in [-0.1, -0.05) is 112 Å². The van der Waals surface area contributed by atoms with Crippen molar-refractivity contribution in [3.63, 3.8) is 0 Å². The number of hydrogen-bond donors (Lipinski definition) is 2. The van der Waals surface area contributed by atoms with E-state index in [1.54, 1.807) is 0 Å². The summed E-state index contributed by atoms with van der Waals surface area (Å²) < 4.78 is 1.96. The number of rotatable bonds is 4. The summed E-state index contributed by atoms with van der Waals surface area (Å²) in [7, 11) is 0. The zero-order valence-electron chi connectivity index (χ0n) is 17.6. The van der Waals surface area contributed by atoms with Gasteiger partial charge in [-0.15, -0.1) is 0 Å². The van der Waals surface area contributed by atoms with Crippen molar-refractivity contribution in [2.75, 3.05) is 0 Å². The third-order valence-corrected chi connectivity index (χ3v) is 7.31. The third kappa shape index (κ3) is 3.64. The lowest BCUT2D eigenvalue weighted by atomic mass is 9.54. The molecule has 2 nitrogen and oxygen atoms in total. The smallest absolute Gasteiger partial charge is 0.122 e. The summed E-state index contributed by atoms with van der Waals surface area (Å²) in [5.74, 6) is -0.626. The highest BCUT2D eigenvalue weighted by Gasteiger charge is 2.57. The van der Waals surface area contributed by atoms with Crippen LogP contribution in [0.1, 0.15) is 37.0 Å². The first-order chi connectivity index (χ1) is 14.8. The highest BCUT2D eigenvalue weighted by Crippen LogP contribution is 2.58. The monoisotopic (exact) mass is 540 g/mol. The second-order valence-corrected chi connectivity index (χ2v) is 10.4. The first-order valence-corrected chi connectivity index (χ1v) is 12.1. The van der Waals surface area contributed by atoms with Crippen LogP contribution in [-0.2, 0) is 11.2 Å². The maximum absolute atomic E-state index is 12.4. The average molecular weight is 542 g/mol. The van der Waals surface area contributed by atoms with Crippen molar-refractivity contribution < 1.29 is 10.2 Å². The Morgan fingerprint density at radius 2 is 1.55 bits per heavy atom. The van der Waals surface area contributed by atoms with Gasteiger partial charge in [0.25, 0.3) is 0 Å². The molecule has 0 aliphatic heterocycles. The van der Waals surface area contributed by atoms with Gasteiger partial charge in [-0.2, -0.15) is 0 Å². The maximum atomic E-state index is 12.4. The summed E-state index contributed by atoms with van der Waals surface area (Å²) in [5, 5.41) is 24.7. The number of benzene rings is 2. The highest BCUT2D eigenvalue weighted by molar-refractivity contribution is 9.11. The van der Waals surface area contributed by atoms with Crippen molar-refractivity contribution in [2.24, 2.45) is 11.8 Å². The molecule has 4 heteroatoms. The minimum Gasteiger partial charge on any atom is -0.380 e. The van der Waals surface area contributed by atoms with Gasteiger partial charge in [-0.25, -0.2) is 0 Å². The first-order valence-electron chi connectivity index (χ1n) is 10.5. The van der Waals surface area contributed by atoms with Gasteiger partial charge in [0.2, 0.25) is 0 Å². The summed E-state index contributed by atoms with van der Waals surface area (Å²) in [5.41, 5.74) is 0.771. The molecule has 0 radical (unpaired) electrons. The zero-order chi connectivity index (χ0) is 22.2. The van der Waals surface area contributed by atoms with E-state index >= 15 is 0 Å². The Labute approximate surface area is 201 Å². The molecule has 2 aromatic rings. The fourth-order valence-electron chi connectivity index (χ4n) is 5.08. The van der Waals surface area contributed by atoms with E-state index in [0.717, 1.165) is 31.2 Å². The second-order valence-electron chi connectivity index (χ2n) is 8.21. The molecule has 31 heavy (non-hydrogen) atoms. The highest BCUT2D eigenvalue weighted by atomic mass is 79.9. The van der Waals surface area contributed by atoms with Crippen molar-refractivity contribution in [1.29, 1.82) is 0 Å². The molecular weight excluding hydrogens is 516 g/mol. The van der Waals surface area contributed by atoms with Crippen molar-refractivity contribution in [2.45, 2.75) is 31.5 Å². The van der Waals surface area contributed by atoms with E-state index in [1.165, 1.54) is 0 Å². The lowest BCUT2D eigenvalue weighted by Crippen LogP contribution is -2.54. The van der Waals surface area contributed by atoms with E-state index in [4.69, 9.17) is 0 Å². The second kappa shape index (κ2) is 8.67. The van der Waals surface area contributed by atoms with Crippen molar-refractivity contribution in [3.8, 4) is 0 Å². The van der Waals surface area contributed by atoms with Crippen LogP contribution in [0.4, 0.5) is 0 Å². The standard InChI is InChI=1S/C27H26Br2O2/c1-3-19(13-12-18(2)28)26(30)22-8-4-6-10-24(22)27(31,20-14-16-21(29)17-15-20)25-11-7-5-9-23(25)26/h4-17,22,24,30-31H,3H2,1-2H3/b18-12+,19-13+. The Morgan fingerprint density at radius 1 is 0.935 bits per heavy atom. The van der Waals surface area contributed by atoms with Crippen molar-refractivity contribution >= 4 is 31.9 Å². The summed E-state index contributed by atoms with van der Waals surface area (Å²) >= 11 is 6.99. The van der Waals surface area contributed by atoms with Gasteiger partial charge in [0, 0.05) is 16.3 Å². The molecule has 0 saturated carbocycles. The SMILES string of the molecule is CC/C(=C\C=C(/C)Br)C1(O)c2ccccc2C(O)(c2ccc(Br)cc2)C2C=CC=CC21. The fraction of sp³-hybridized carbons (Fsp3) is 0.259. The Hall–Kier alpha value is -1.72. The Bertz CT molecular complexity index is 1090. The predicted octanol–water partition coefficient (Wildman–Crippen LogP) is 6.88. The summed E-state index contributed by atoms with van der Waals surface area (Å²) in [4.78, 5) is 0. The Balaban J connectivity index is 2.03. The molecule has 2 aromatic carbocycles. The van der Waals surface area contributed by atoms with Crippen LogP contribution in [0.15, 0.2) is 99.5 Å². The van der Waals surface area contributed by atoms with Crippen LogP contribution in [0, 0.1) is 11.8 Å². The molecule has 0 aromatic heterocycles. The molecule has 0 heterocycles. The quantitative estimate of drug-likeness (QED) is 0.414. The van der Waals surface area contributed by atoms with E-state index < -0.39 is 11.2 Å². The van der Waals surface area contributed by atoms with Crippen LogP contribution in [0.5, 0.6) is 0 Å². The van der Waals surface area contributed by atoms with Gasteiger partial charge >= 0.3 is 0 Å². The lowest BCUT2D eigenvalue weighted by molar-refractivity contribution is -0.0747. The molecule has 2 aliphatic rings. The molecule has 160 valence electrons. The normalized spacial score (nSPS) is 30.1. The minimum atomic E-state index is -1.25. The zero-order valence-corrected chi connectivity index (χ0v) is 20.8. The van der Waals surface area contributed by atoms with E-state index in [2.05, 4.69) is 38.8 Å². The number of aliphatic hydroxyl groups is 2. The molecular formula is C27H26Br2O2. The van der Waals surface area contributed by atoms with Gasteiger partial charge in [0.15, 0.2) is 0 Å². The minimum absolute atomic E-state index is 0.309. The van der Waals surface area contributed by atoms with E-state index in [0.29, 0.717) is 6.42 Å². The molecule has 2 aliphatic carbocycles. The fourth-order valence-corrected chi connectivity index (χ4v) is 5.48. The molecule has 0 fully saturated rings. The van der Waals surface area contributed by atoms with E-state index in [1.807, 2.05) is 91.9 Å². The van der Waals surface area contributed by atoms with E-state index in [9.17, 15) is 10.2 Å². The Kier molecular flexibility index (Phi) is 6.28. The van der Waals surface area contributed by atoms with Gasteiger partial charge in [-0.05, 0) is 52.2 Å². The summed E-state index contributed by atoms with van der Waals surface area (Å²) in [6.45, 7) is 4.04. The Morgan fingerprint density at radius 3 is 2.16 bits per heavy atom. The number of allylic oxidation sites excluding steroid dienone is 5. The number of fused-ring (bicyclic) bond motifs is 2. The molecule has 0 amide bonds. The molecule has 0 saturated heterocycles. The molecule has 2 N–H and O–H groups in total. The largest absolute Gasteiger partial charge is 0.380 e. The molecule has 4 rings (SSSR count). The van der Waals surface area contributed by atoms with Crippen LogP contribution in [0.25, 0.3) is 0 Å². The maximum Gasteiger partial charge on any atom is 0.122 e. The van der Waals surface area contributed by atoms with Crippen LogP contribution in [-0.4, -0.2) is 10.2 Å².